The molecule has 0 unspecified atom stereocenters. The van der Waals surface area contributed by atoms with Crippen molar-refractivity contribution >= 4 is 23.2 Å². The number of hydrogen-bond acceptors (Lipinski definition) is 1. The molecule has 9 aliphatic carbocycles. The van der Waals surface area contributed by atoms with E-state index < -0.39 is 5.60 Å². The lowest BCUT2D eigenvalue weighted by Crippen LogP contribution is -2.55. The van der Waals surface area contributed by atoms with Gasteiger partial charge in [0.15, 0.2) is 0 Å². The Kier molecular flexibility index (Phi) is 6.69. The van der Waals surface area contributed by atoms with Gasteiger partial charge < -0.3 is 5.11 Å². The van der Waals surface area contributed by atoms with Gasteiger partial charge in [-0.15, -0.1) is 0 Å². The monoisotopic (exact) mass is 658 g/mol. The predicted octanol–water partition coefficient (Wildman–Crippen LogP) is 11.7. The van der Waals surface area contributed by atoms with E-state index in [0.717, 1.165) is 56.7 Å². The van der Waals surface area contributed by atoms with Gasteiger partial charge >= 0.3 is 0 Å². The summed E-state index contributed by atoms with van der Waals surface area (Å²) in [4.78, 5) is 0. The Morgan fingerprint density at radius 2 is 0.915 bits per heavy atom. The highest BCUT2D eigenvalue weighted by Crippen LogP contribution is 2.69. The van der Waals surface area contributed by atoms with Crippen LogP contribution in [0.5, 0.6) is 0 Å². The Hall–Kier alpha value is -2.58. The molecule has 8 bridgehead atoms. The van der Waals surface area contributed by atoms with Crippen LogP contribution in [0.4, 0.5) is 0 Å². The van der Waals surface area contributed by atoms with Crippen molar-refractivity contribution < 1.29 is 5.11 Å². The summed E-state index contributed by atoms with van der Waals surface area (Å²) in [7, 11) is 0. The number of aliphatic hydroxyl groups is 1. The Balaban J connectivity index is 0.000000121. The first kappa shape index (κ1) is 29.3. The third-order valence-electron chi connectivity index (χ3n) is 14.4. The quantitative estimate of drug-likeness (QED) is 0.227. The lowest BCUT2D eigenvalue weighted by atomic mass is 9.43. The standard InChI is InChI=1S/C22H23ClO.C22H21Cl/c23-19-7-5-16(6-8-19)20-3-1-2-4-21(20)22(24)17-10-14-9-15(12-17)13-18(22)11-14;23-17-5-6-19-18-3-1-2-4-20(18)22(21(19)12-17)15-8-13-7-14(10-15)11-16(22)9-13/h1-8,14-15,17-18,24H,9-13H2;1-6,12-16H,7-11H2. The van der Waals surface area contributed by atoms with Crippen LogP contribution >= 0.6 is 23.2 Å². The highest BCUT2D eigenvalue weighted by Gasteiger charge is 2.61. The van der Waals surface area contributed by atoms with Gasteiger partial charge in [-0.3, -0.25) is 0 Å². The summed E-state index contributed by atoms with van der Waals surface area (Å²) in [6, 6.07) is 32.4. The molecule has 0 heterocycles. The second-order valence-corrected chi connectivity index (χ2v) is 17.5. The van der Waals surface area contributed by atoms with Crippen molar-refractivity contribution in [3.8, 4) is 22.3 Å². The van der Waals surface area contributed by atoms with Crippen LogP contribution in [0.1, 0.15) is 80.9 Å². The molecule has 0 amide bonds. The molecule has 4 aromatic rings. The van der Waals surface area contributed by atoms with Gasteiger partial charge in [-0.25, -0.2) is 0 Å². The maximum absolute atomic E-state index is 11.9. The van der Waals surface area contributed by atoms with Crippen molar-refractivity contribution in [2.45, 2.75) is 75.2 Å². The van der Waals surface area contributed by atoms with Gasteiger partial charge in [0.2, 0.25) is 0 Å². The molecule has 0 radical (unpaired) electrons. The second-order valence-electron chi connectivity index (χ2n) is 16.6. The summed E-state index contributed by atoms with van der Waals surface area (Å²) in [5, 5.41) is 13.6. The smallest absolute Gasteiger partial charge is 0.0958 e. The average Bonchev–Trinajstić information content (AvgIpc) is 3.36. The fraction of sp³-hybridized carbons (Fsp3) is 0.455. The molecule has 1 nitrogen and oxygen atoms in total. The molecular weight excluding hydrogens is 615 g/mol. The first-order chi connectivity index (χ1) is 22.9. The fourth-order valence-corrected chi connectivity index (χ4v) is 13.5. The largest absolute Gasteiger partial charge is 0.385 e. The predicted molar refractivity (Wildman–Crippen MR) is 193 cm³/mol. The summed E-state index contributed by atoms with van der Waals surface area (Å²) in [5.41, 5.74) is 9.19. The van der Waals surface area contributed by atoms with Crippen LogP contribution in [0, 0.1) is 47.3 Å². The van der Waals surface area contributed by atoms with Crippen LogP contribution in [-0.2, 0) is 11.0 Å². The van der Waals surface area contributed by atoms with E-state index in [2.05, 4.69) is 78.9 Å². The summed E-state index contributed by atoms with van der Waals surface area (Å²) >= 11 is 12.5. The van der Waals surface area contributed by atoms with Crippen molar-refractivity contribution in [2.75, 3.05) is 0 Å². The first-order valence-corrected chi connectivity index (χ1v) is 19.1. The maximum atomic E-state index is 11.9. The van der Waals surface area contributed by atoms with E-state index in [1.54, 1.807) is 11.1 Å². The molecule has 47 heavy (non-hydrogen) atoms. The molecule has 8 fully saturated rings. The van der Waals surface area contributed by atoms with Crippen molar-refractivity contribution in [3.63, 3.8) is 0 Å². The van der Waals surface area contributed by atoms with Crippen molar-refractivity contribution in [1.82, 2.24) is 0 Å². The van der Waals surface area contributed by atoms with E-state index in [9.17, 15) is 5.11 Å². The van der Waals surface area contributed by atoms with E-state index in [0.29, 0.717) is 11.8 Å². The van der Waals surface area contributed by atoms with Crippen molar-refractivity contribution in [1.29, 1.82) is 0 Å². The number of rotatable bonds is 2. The van der Waals surface area contributed by atoms with Crippen LogP contribution < -0.4 is 0 Å². The van der Waals surface area contributed by atoms with Gasteiger partial charge in [0.25, 0.3) is 0 Å². The van der Waals surface area contributed by atoms with Crippen LogP contribution in [0.3, 0.4) is 0 Å². The lowest BCUT2D eigenvalue weighted by molar-refractivity contribution is -0.179. The first-order valence-electron chi connectivity index (χ1n) is 18.4. The van der Waals surface area contributed by atoms with Gasteiger partial charge in [0.1, 0.15) is 0 Å². The molecule has 0 atom stereocenters. The van der Waals surface area contributed by atoms with E-state index in [-0.39, 0.29) is 5.41 Å². The molecule has 1 N–H and O–H groups in total. The van der Waals surface area contributed by atoms with E-state index in [1.807, 2.05) is 12.1 Å². The molecule has 0 aliphatic heterocycles. The topological polar surface area (TPSA) is 20.2 Å². The highest BCUT2D eigenvalue weighted by molar-refractivity contribution is 6.31. The minimum absolute atomic E-state index is 0.268. The minimum Gasteiger partial charge on any atom is -0.385 e. The molecule has 3 heteroatoms. The lowest BCUT2D eigenvalue weighted by Gasteiger charge is -2.61. The minimum atomic E-state index is -0.649. The number of halogens is 2. The van der Waals surface area contributed by atoms with Crippen molar-refractivity contribution in [3.05, 3.63) is 118 Å². The SMILES string of the molecule is Clc1ccc2c(c1)C1(c3ccccc3-2)C2CC3CC(C2)CC1C3.OC1(c2ccccc2-c2ccc(Cl)cc2)C2CC3CC(C2)CC1C3. The van der Waals surface area contributed by atoms with Gasteiger partial charge in [-0.05, 0) is 175 Å². The zero-order valence-corrected chi connectivity index (χ0v) is 28.6. The summed E-state index contributed by atoms with van der Waals surface area (Å²) < 4.78 is 0. The Bertz CT molecular complexity index is 1800. The Morgan fingerprint density at radius 1 is 0.447 bits per heavy atom. The maximum Gasteiger partial charge on any atom is 0.0958 e. The van der Waals surface area contributed by atoms with Crippen LogP contribution in [0.25, 0.3) is 22.3 Å². The molecule has 0 aromatic heterocycles. The van der Waals surface area contributed by atoms with Gasteiger partial charge in [0, 0.05) is 15.5 Å². The average molecular weight is 660 g/mol. The third-order valence-corrected chi connectivity index (χ3v) is 14.9. The molecule has 0 saturated heterocycles. The molecule has 13 rings (SSSR count). The number of hydrogen-bond donors (Lipinski definition) is 1. The Labute approximate surface area is 289 Å². The molecule has 9 aliphatic rings. The third kappa shape index (κ3) is 4.25. The van der Waals surface area contributed by atoms with Gasteiger partial charge in [-0.2, -0.15) is 0 Å². The van der Waals surface area contributed by atoms with E-state index in [4.69, 9.17) is 23.2 Å². The number of benzene rings is 4. The summed E-state index contributed by atoms with van der Waals surface area (Å²) in [5.74, 6) is 6.24. The van der Waals surface area contributed by atoms with Gasteiger partial charge in [-0.1, -0.05) is 89.9 Å². The highest BCUT2D eigenvalue weighted by atomic mass is 35.5. The Morgan fingerprint density at radius 3 is 1.51 bits per heavy atom. The normalized spacial score (nSPS) is 37.9. The zero-order chi connectivity index (χ0) is 31.5. The molecule has 4 aromatic carbocycles. The zero-order valence-electron chi connectivity index (χ0n) is 27.1. The molecule has 8 saturated carbocycles. The van der Waals surface area contributed by atoms with E-state index >= 15 is 0 Å². The van der Waals surface area contributed by atoms with Gasteiger partial charge in [0.05, 0.1) is 5.60 Å². The van der Waals surface area contributed by atoms with Crippen LogP contribution in [0.15, 0.2) is 91.0 Å². The summed E-state index contributed by atoms with van der Waals surface area (Å²) in [6.45, 7) is 0. The van der Waals surface area contributed by atoms with Crippen LogP contribution in [-0.4, -0.2) is 5.11 Å². The molecular formula is C44H44Cl2O. The fourth-order valence-electron chi connectivity index (χ4n) is 13.2. The second kappa shape index (κ2) is 10.7. The molecule has 240 valence electrons. The van der Waals surface area contributed by atoms with Crippen molar-refractivity contribution in [2.24, 2.45) is 47.3 Å². The number of fused-ring (bicyclic) bond motifs is 3. The van der Waals surface area contributed by atoms with E-state index in [1.165, 1.54) is 80.9 Å². The van der Waals surface area contributed by atoms with Crippen LogP contribution in [0.2, 0.25) is 10.0 Å². The summed E-state index contributed by atoms with van der Waals surface area (Å²) in [6.07, 6.45) is 13.5. The molecule has 1 spiro atoms.